The first-order valence-corrected chi connectivity index (χ1v) is 12.1. The maximum absolute atomic E-state index is 13.5. The van der Waals surface area contributed by atoms with Crippen LogP contribution in [-0.2, 0) is 35.3 Å². The molecule has 0 aliphatic carbocycles. The maximum Gasteiger partial charge on any atom is 0.416 e. The highest BCUT2D eigenvalue weighted by Crippen LogP contribution is 2.32. The van der Waals surface area contributed by atoms with Gasteiger partial charge in [0.2, 0.25) is 11.8 Å². The van der Waals surface area contributed by atoms with Gasteiger partial charge in [-0.15, -0.1) is 0 Å². The lowest BCUT2D eigenvalue weighted by Crippen LogP contribution is -2.42. The van der Waals surface area contributed by atoms with Gasteiger partial charge in [0, 0.05) is 43.8 Å². The minimum Gasteiger partial charge on any atom is -0.376 e. The number of nitrogens with one attached hydrogen (secondary N) is 2. The lowest BCUT2D eigenvalue weighted by Gasteiger charge is -2.34. The van der Waals surface area contributed by atoms with Gasteiger partial charge in [-0.2, -0.15) is 13.2 Å². The largest absolute Gasteiger partial charge is 0.416 e. The minimum absolute atomic E-state index is 0.0427. The third kappa shape index (κ3) is 6.78. The molecule has 1 heterocycles. The Labute approximate surface area is 210 Å². The first kappa shape index (κ1) is 27.5. The van der Waals surface area contributed by atoms with E-state index in [0.29, 0.717) is 26.1 Å². The van der Waals surface area contributed by atoms with Crippen molar-refractivity contribution in [2.45, 2.75) is 46.5 Å². The number of rotatable bonds is 8. The van der Waals surface area contributed by atoms with Crippen LogP contribution in [0, 0.1) is 5.41 Å². The van der Waals surface area contributed by atoms with Crippen LogP contribution in [0.5, 0.6) is 0 Å². The fraction of sp³-hybridized carbons (Fsp3) is 0.481. The summed E-state index contributed by atoms with van der Waals surface area (Å²) in [6.07, 6.45) is -3.82. The molecule has 2 aromatic rings. The van der Waals surface area contributed by atoms with Crippen molar-refractivity contribution in [1.29, 1.82) is 0 Å². The summed E-state index contributed by atoms with van der Waals surface area (Å²) in [5, 5.41) is 6.15. The van der Waals surface area contributed by atoms with Crippen LogP contribution in [0.4, 0.5) is 18.9 Å². The van der Waals surface area contributed by atoms with Gasteiger partial charge in [0.25, 0.3) is 0 Å². The normalized spacial score (nSPS) is 13.8. The Kier molecular flexibility index (Phi) is 8.66. The third-order valence-corrected chi connectivity index (χ3v) is 6.29. The van der Waals surface area contributed by atoms with Gasteiger partial charge >= 0.3 is 6.18 Å². The van der Waals surface area contributed by atoms with Gasteiger partial charge in [-0.1, -0.05) is 51.1 Å². The molecule has 0 fully saturated rings. The van der Waals surface area contributed by atoms with Crippen molar-refractivity contribution in [3.8, 4) is 0 Å². The van der Waals surface area contributed by atoms with E-state index in [1.54, 1.807) is 13.1 Å². The summed E-state index contributed by atoms with van der Waals surface area (Å²) in [5.41, 5.74) is 1.78. The van der Waals surface area contributed by atoms with Gasteiger partial charge in [-0.3, -0.25) is 9.59 Å². The zero-order valence-corrected chi connectivity index (χ0v) is 21.3. The number of hydrogen-bond acceptors (Lipinski definition) is 4. The van der Waals surface area contributed by atoms with Gasteiger partial charge in [0.15, 0.2) is 0 Å². The second-order valence-electron chi connectivity index (χ2n) is 10.1. The highest BCUT2D eigenvalue weighted by molar-refractivity contribution is 5.83. The number of halogens is 3. The number of anilines is 1. The Hall–Kier alpha value is -3.07. The molecule has 1 aliphatic heterocycles. The van der Waals surface area contributed by atoms with E-state index in [-0.39, 0.29) is 37.0 Å². The van der Waals surface area contributed by atoms with E-state index in [4.69, 9.17) is 0 Å². The molecule has 6 nitrogen and oxygen atoms in total. The Morgan fingerprint density at radius 3 is 2.44 bits per heavy atom. The van der Waals surface area contributed by atoms with E-state index in [2.05, 4.69) is 10.6 Å². The molecule has 2 aromatic carbocycles. The zero-order chi connectivity index (χ0) is 26.5. The van der Waals surface area contributed by atoms with Crippen LogP contribution in [0.25, 0.3) is 0 Å². The zero-order valence-electron chi connectivity index (χ0n) is 21.3. The van der Waals surface area contributed by atoms with E-state index in [1.807, 2.05) is 43.9 Å². The lowest BCUT2D eigenvalue weighted by atomic mass is 9.91. The number of alkyl halides is 3. The molecule has 0 bridgehead atoms. The number of nitrogens with zero attached hydrogens (tertiary/aromatic N) is 2. The average molecular weight is 505 g/mol. The summed E-state index contributed by atoms with van der Waals surface area (Å²) in [6.45, 7) is 7.38. The smallest absolute Gasteiger partial charge is 0.376 e. The molecule has 1 aliphatic rings. The van der Waals surface area contributed by atoms with Crippen LogP contribution < -0.4 is 10.6 Å². The molecule has 36 heavy (non-hydrogen) atoms. The second kappa shape index (κ2) is 11.3. The highest BCUT2D eigenvalue weighted by atomic mass is 19.4. The van der Waals surface area contributed by atoms with Crippen LogP contribution >= 0.6 is 0 Å². The van der Waals surface area contributed by atoms with Crippen LogP contribution in [0.2, 0.25) is 0 Å². The predicted octanol–water partition coefficient (Wildman–Crippen LogP) is 4.30. The monoisotopic (exact) mass is 504 g/mol. The molecule has 0 radical (unpaired) electrons. The number of likely N-dealkylation sites (N-methyl/N-ethyl adjacent to an activating group) is 1. The number of carbonyl (C=O) groups excluding carboxylic acids is 2. The van der Waals surface area contributed by atoms with Crippen molar-refractivity contribution in [2.24, 2.45) is 5.41 Å². The Balaban J connectivity index is 1.72. The first-order valence-electron chi connectivity index (χ1n) is 12.1. The fourth-order valence-corrected chi connectivity index (χ4v) is 4.38. The van der Waals surface area contributed by atoms with Crippen molar-refractivity contribution in [3.05, 3.63) is 64.7 Å². The second-order valence-corrected chi connectivity index (χ2v) is 10.1. The molecule has 196 valence electrons. The summed E-state index contributed by atoms with van der Waals surface area (Å²) in [7, 11) is 1.73. The average Bonchev–Trinajstić information content (AvgIpc) is 2.83. The summed E-state index contributed by atoms with van der Waals surface area (Å²) in [4.78, 5) is 29.1. The molecule has 0 saturated carbocycles. The topological polar surface area (TPSA) is 64.7 Å². The number of benzene rings is 2. The van der Waals surface area contributed by atoms with Gasteiger partial charge < -0.3 is 20.4 Å². The van der Waals surface area contributed by atoms with Crippen molar-refractivity contribution < 1.29 is 22.8 Å². The molecule has 3 rings (SSSR count). The van der Waals surface area contributed by atoms with Crippen molar-refractivity contribution in [2.75, 3.05) is 38.5 Å². The predicted molar refractivity (Wildman–Crippen MR) is 134 cm³/mol. The van der Waals surface area contributed by atoms with Gasteiger partial charge in [-0.05, 0) is 42.3 Å². The van der Waals surface area contributed by atoms with Gasteiger partial charge in [-0.25, -0.2) is 0 Å². The standard InChI is InChI=1S/C27H35F3N4O2/c1-26(2,3)25(36)34-14-12-21-19(17-34)9-7-11-23(21)32-16-24(35)33(15-13-31-4)18-20-8-5-6-10-22(20)27(28,29)30/h5-11,31-32H,12-18H2,1-4H3. The van der Waals surface area contributed by atoms with E-state index < -0.39 is 17.2 Å². The summed E-state index contributed by atoms with van der Waals surface area (Å²) < 4.78 is 40.4. The molecule has 0 spiro atoms. The van der Waals surface area contributed by atoms with Crippen molar-refractivity contribution in [3.63, 3.8) is 0 Å². The van der Waals surface area contributed by atoms with Crippen molar-refractivity contribution in [1.82, 2.24) is 15.1 Å². The third-order valence-electron chi connectivity index (χ3n) is 6.29. The van der Waals surface area contributed by atoms with E-state index in [9.17, 15) is 22.8 Å². The van der Waals surface area contributed by atoms with E-state index in [0.717, 1.165) is 22.9 Å². The molecule has 0 unspecified atom stereocenters. The minimum atomic E-state index is -4.49. The molecule has 0 atom stereocenters. The quantitative estimate of drug-likeness (QED) is 0.563. The van der Waals surface area contributed by atoms with E-state index >= 15 is 0 Å². The SMILES string of the molecule is CNCCN(Cc1ccccc1C(F)(F)F)C(=O)CNc1cccc2c1CCN(C(=O)C(C)(C)C)C2. The van der Waals surface area contributed by atoms with Crippen molar-refractivity contribution >= 4 is 17.5 Å². The Morgan fingerprint density at radius 2 is 1.78 bits per heavy atom. The number of fused-ring (bicyclic) bond motifs is 1. The number of carbonyl (C=O) groups is 2. The highest BCUT2D eigenvalue weighted by Gasteiger charge is 2.34. The van der Waals surface area contributed by atoms with Crippen LogP contribution in [0.3, 0.4) is 0 Å². The maximum atomic E-state index is 13.5. The molecular formula is C27H35F3N4O2. The first-order chi connectivity index (χ1) is 16.9. The van der Waals surface area contributed by atoms with Crippen LogP contribution in [0.15, 0.2) is 42.5 Å². The summed E-state index contributed by atoms with van der Waals surface area (Å²) in [5.74, 6) is -0.193. The van der Waals surface area contributed by atoms with Gasteiger partial charge in [0.1, 0.15) is 0 Å². The molecule has 2 amide bonds. The Morgan fingerprint density at radius 1 is 1.06 bits per heavy atom. The summed E-state index contributed by atoms with van der Waals surface area (Å²) >= 11 is 0. The summed E-state index contributed by atoms with van der Waals surface area (Å²) in [6, 6.07) is 11.1. The number of hydrogen-bond donors (Lipinski definition) is 2. The van der Waals surface area contributed by atoms with Gasteiger partial charge in [0.05, 0.1) is 12.1 Å². The number of amides is 2. The van der Waals surface area contributed by atoms with Crippen LogP contribution in [0.1, 0.15) is 43.0 Å². The molecule has 0 saturated heterocycles. The van der Waals surface area contributed by atoms with Crippen LogP contribution in [-0.4, -0.2) is 54.8 Å². The lowest BCUT2D eigenvalue weighted by molar-refractivity contribution is -0.140. The Bertz CT molecular complexity index is 1080. The fourth-order valence-electron chi connectivity index (χ4n) is 4.38. The van der Waals surface area contributed by atoms with E-state index in [1.165, 1.54) is 17.0 Å². The molecule has 2 N–H and O–H groups in total. The molecular weight excluding hydrogens is 469 g/mol. The molecule has 0 aromatic heterocycles. The molecule has 9 heteroatoms.